The summed E-state index contributed by atoms with van der Waals surface area (Å²) in [4.78, 5) is 34.0. The molecule has 4 rings (SSSR count). The zero-order valence-corrected chi connectivity index (χ0v) is 22.2. The summed E-state index contributed by atoms with van der Waals surface area (Å²) in [6.45, 7) is 4.04. The number of anilines is 2. The van der Waals surface area contributed by atoms with Crippen molar-refractivity contribution in [2.75, 3.05) is 18.7 Å². The SMILES string of the molecule is CCOCOC(=O)c1ccccc1Nc1c(Cl)ccc(C)c1Cl.O=CCn1c(=O)ccc2ccc(F)cc21. The fourth-order valence-electron chi connectivity index (χ4n) is 3.46. The van der Waals surface area contributed by atoms with Gasteiger partial charge in [0.1, 0.15) is 12.1 Å². The van der Waals surface area contributed by atoms with E-state index in [9.17, 15) is 18.8 Å². The predicted molar refractivity (Wildman–Crippen MR) is 147 cm³/mol. The second-order valence-corrected chi connectivity index (χ2v) is 8.70. The van der Waals surface area contributed by atoms with Gasteiger partial charge in [0.25, 0.3) is 5.56 Å². The molecule has 0 saturated carbocycles. The Kier molecular flexibility index (Phi) is 10.4. The highest BCUT2D eigenvalue weighted by Crippen LogP contribution is 2.36. The standard InChI is InChI=1S/C17H17Cl2NO3.C11H8FNO2/c1-3-22-10-23-17(21)12-6-4-5-7-14(12)20-16-13(18)9-8-11(2)15(16)19;12-9-3-1-8-2-4-11(15)13(5-6-14)10(8)7-9/h4-9,20H,3,10H2,1-2H3;1-4,6-7H,5H2. The lowest BCUT2D eigenvalue weighted by atomic mass is 10.1. The van der Waals surface area contributed by atoms with E-state index in [1.807, 2.05) is 19.9 Å². The summed E-state index contributed by atoms with van der Waals surface area (Å²) in [5.74, 6) is -0.908. The lowest BCUT2D eigenvalue weighted by Crippen LogP contribution is -2.19. The van der Waals surface area contributed by atoms with Gasteiger partial charge in [0.05, 0.1) is 39.0 Å². The first-order chi connectivity index (χ1) is 18.3. The fraction of sp³-hybridized carbons (Fsp3) is 0.179. The number of pyridine rings is 1. The summed E-state index contributed by atoms with van der Waals surface area (Å²) in [5.41, 5.74) is 2.51. The number of carbonyl (C=O) groups is 2. The molecular formula is C28H25Cl2FN2O5. The van der Waals surface area contributed by atoms with E-state index in [0.717, 1.165) is 10.9 Å². The molecule has 0 fully saturated rings. The van der Waals surface area contributed by atoms with Crippen molar-refractivity contribution >= 4 is 57.7 Å². The Morgan fingerprint density at radius 1 is 1.08 bits per heavy atom. The Labute approximate surface area is 228 Å². The van der Waals surface area contributed by atoms with Crippen LogP contribution in [0.15, 0.2) is 71.5 Å². The molecule has 3 aromatic carbocycles. The average Bonchev–Trinajstić information content (AvgIpc) is 2.91. The van der Waals surface area contributed by atoms with E-state index in [0.29, 0.717) is 45.4 Å². The third-order valence-electron chi connectivity index (χ3n) is 5.38. The lowest BCUT2D eigenvalue weighted by Gasteiger charge is -2.15. The van der Waals surface area contributed by atoms with Crippen molar-refractivity contribution in [1.29, 1.82) is 0 Å². The number of hydrogen-bond donors (Lipinski definition) is 1. The van der Waals surface area contributed by atoms with Crippen LogP contribution in [0.25, 0.3) is 10.9 Å². The van der Waals surface area contributed by atoms with Crippen LogP contribution in [0.4, 0.5) is 15.8 Å². The number of aryl methyl sites for hydroxylation is 1. The second-order valence-electron chi connectivity index (χ2n) is 7.92. The summed E-state index contributed by atoms with van der Waals surface area (Å²) >= 11 is 12.5. The molecule has 0 spiro atoms. The topological polar surface area (TPSA) is 86.6 Å². The van der Waals surface area contributed by atoms with Gasteiger partial charge in [0.2, 0.25) is 0 Å². The number of para-hydroxylation sites is 1. The molecule has 10 heteroatoms. The maximum atomic E-state index is 13.0. The number of nitrogens with zero attached hydrogens (tertiary/aromatic N) is 1. The maximum Gasteiger partial charge on any atom is 0.342 e. The minimum Gasteiger partial charge on any atom is -0.435 e. The minimum atomic E-state index is -0.485. The first kappa shape index (κ1) is 28.8. The number of carbonyl (C=O) groups excluding carboxylic acids is 2. The molecule has 198 valence electrons. The third kappa shape index (κ3) is 7.19. The molecule has 1 aromatic heterocycles. The van der Waals surface area contributed by atoms with Crippen molar-refractivity contribution in [2.24, 2.45) is 0 Å². The van der Waals surface area contributed by atoms with E-state index < -0.39 is 11.8 Å². The molecule has 0 radical (unpaired) electrons. The Morgan fingerprint density at radius 2 is 1.82 bits per heavy atom. The summed E-state index contributed by atoms with van der Waals surface area (Å²) in [6, 6.07) is 17.7. The molecule has 1 N–H and O–H groups in total. The monoisotopic (exact) mass is 558 g/mol. The quantitative estimate of drug-likeness (QED) is 0.114. The van der Waals surface area contributed by atoms with Gasteiger partial charge < -0.3 is 24.2 Å². The van der Waals surface area contributed by atoms with Crippen LogP contribution in [0.3, 0.4) is 0 Å². The van der Waals surface area contributed by atoms with E-state index >= 15 is 0 Å². The largest absolute Gasteiger partial charge is 0.435 e. The number of aldehydes is 1. The van der Waals surface area contributed by atoms with Crippen LogP contribution in [0.5, 0.6) is 0 Å². The number of halogens is 3. The smallest absolute Gasteiger partial charge is 0.342 e. The van der Waals surface area contributed by atoms with Gasteiger partial charge in [-0.2, -0.15) is 0 Å². The van der Waals surface area contributed by atoms with Crippen LogP contribution in [-0.4, -0.2) is 30.2 Å². The van der Waals surface area contributed by atoms with Gasteiger partial charge in [0.15, 0.2) is 6.79 Å². The molecule has 4 aromatic rings. The van der Waals surface area contributed by atoms with Crippen LogP contribution in [0, 0.1) is 12.7 Å². The van der Waals surface area contributed by atoms with Crippen molar-refractivity contribution in [2.45, 2.75) is 20.4 Å². The van der Waals surface area contributed by atoms with Gasteiger partial charge in [-0.3, -0.25) is 4.79 Å². The first-order valence-corrected chi connectivity index (χ1v) is 12.3. The highest BCUT2D eigenvalue weighted by Gasteiger charge is 2.15. The Balaban J connectivity index is 0.000000230. The molecule has 0 saturated heterocycles. The highest BCUT2D eigenvalue weighted by molar-refractivity contribution is 6.39. The summed E-state index contributed by atoms with van der Waals surface area (Å²) in [6.07, 6.45) is 0.617. The van der Waals surface area contributed by atoms with Crippen LogP contribution in [0.1, 0.15) is 22.8 Å². The first-order valence-electron chi connectivity index (χ1n) is 11.5. The van der Waals surface area contributed by atoms with Crippen LogP contribution in [-0.2, 0) is 20.8 Å². The van der Waals surface area contributed by atoms with E-state index in [1.165, 1.54) is 22.8 Å². The molecule has 0 aliphatic rings. The molecule has 0 aliphatic heterocycles. The number of benzene rings is 3. The number of nitrogens with one attached hydrogen (secondary N) is 1. The number of fused-ring (bicyclic) bond motifs is 1. The average molecular weight is 559 g/mol. The fourth-order valence-corrected chi connectivity index (χ4v) is 3.92. The normalized spacial score (nSPS) is 10.4. The van der Waals surface area contributed by atoms with Gasteiger partial charge >= 0.3 is 5.97 Å². The van der Waals surface area contributed by atoms with Crippen LogP contribution < -0.4 is 10.9 Å². The molecule has 0 atom stereocenters. The summed E-state index contributed by atoms with van der Waals surface area (Å²) in [7, 11) is 0. The van der Waals surface area contributed by atoms with Crippen molar-refractivity contribution in [1.82, 2.24) is 4.57 Å². The molecule has 7 nitrogen and oxygen atoms in total. The molecular weight excluding hydrogens is 534 g/mol. The van der Waals surface area contributed by atoms with Crippen LogP contribution >= 0.6 is 23.2 Å². The number of ether oxygens (including phenoxy) is 2. The molecule has 0 amide bonds. The highest BCUT2D eigenvalue weighted by atomic mass is 35.5. The minimum absolute atomic E-state index is 0.0559. The number of rotatable bonds is 8. The Hall–Kier alpha value is -3.72. The van der Waals surface area contributed by atoms with E-state index in [-0.39, 0.29) is 18.9 Å². The van der Waals surface area contributed by atoms with Gasteiger partial charge in [-0.15, -0.1) is 0 Å². The second kappa shape index (κ2) is 13.7. The lowest BCUT2D eigenvalue weighted by molar-refractivity contribution is -0.108. The van der Waals surface area contributed by atoms with E-state index in [4.69, 9.17) is 32.7 Å². The Bertz CT molecular complexity index is 1510. The number of aromatic nitrogens is 1. The van der Waals surface area contributed by atoms with Gasteiger partial charge in [0, 0.05) is 12.7 Å². The zero-order valence-electron chi connectivity index (χ0n) is 20.7. The van der Waals surface area contributed by atoms with Crippen molar-refractivity contribution in [3.8, 4) is 0 Å². The summed E-state index contributed by atoms with van der Waals surface area (Å²) < 4.78 is 24.3. The summed E-state index contributed by atoms with van der Waals surface area (Å²) in [5, 5.41) is 4.83. The van der Waals surface area contributed by atoms with Crippen molar-refractivity contribution < 1.29 is 23.5 Å². The van der Waals surface area contributed by atoms with Crippen molar-refractivity contribution in [3.63, 3.8) is 0 Å². The zero-order chi connectivity index (χ0) is 27.7. The van der Waals surface area contributed by atoms with Gasteiger partial charge in [-0.1, -0.05) is 41.4 Å². The number of esters is 1. The third-order valence-corrected chi connectivity index (χ3v) is 6.18. The van der Waals surface area contributed by atoms with E-state index in [1.54, 1.807) is 42.5 Å². The predicted octanol–water partition coefficient (Wildman–Crippen LogP) is 6.54. The van der Waals surface area contributed by atoms with Crippen LogP contribution in [0.2, 0.25) is 10.0 Å². The van der Waals surface area contributed by atoms with Crippen molar-refractivity contribution in [3.05, 3.63) is 104 Å². The van der Waals surface area contributed by atoms with Gasteiger partial charge in [-0.25, -0.2) is 9.18 Å². The number of hydrogen-bond acceptors (Lipinski definition) is 6. The van der Waals surface area contributed by atoms with E-state index in [2.05, 4.69) is 5.32 Å². The molecule has 1 heterocycles. The maximum absolute atomic E-state index is 13.0. The molecule has 0 aliphatic carbocycles. The Morgan fingerprint density at radius 3 is 2.55 bits per heavy atom. The molecule has 0 bridgehead atoms. The molecule has 0 unspecified atom stereocenters. The van der Waals surface area contributed by atoms with Gasteiger partial charge in [-0.05, 0) is 67.3 Å². The molecule has 38 heavy (non-hydrogen) atoms.